The van der Waals surface area contributed by atoms with Crippen LogP contribution in [0.2, 0.25) is 0 Å². The highest BCUT2D eigenvalue weighted by atomic mass is 32.1. The van der Waals surface area contributed by atoms with E-state index in [1.165, 1.54) is 0 Å². The number of carboxylic acid groups (broad SMARTS) is 1. The monoisotopic (exact) mass is 448 g/mol. The number of amides is 4. The van der Waals surface area contributed by atoms with Crippen molar-refractivity contribution < 1.29 is 29.1 Å². The molecule has 14 nitrogen and oxygen atoms in total. The van der Waals surface area contributed by atoms with E-state index in [2.05, 4.69) is 28.3 Å². The second kappa shape index (κ2) is 14.0. The van der Waals surface area contributed by atoms with Gasteiger partial charge in [0.2, 0.25) is 23.6 Å². The fraction of sp³-hybridized carbons (Fsp3) is 0.600. The summed E-state index contributed by atoms with van der Waals surface area (Å²) in [6, 6.07) is -3.56. The number of rotatable bonds is 14. The molecule has 0 bridgehead atoms. The van der Waals surface area contributed by atoms with Gasteiger partial charge in [-0.25, -0.2) is 0 Å². The van der Waals surface area contributed by atoms with Gasteiger partial charge in [0, 0.05) is 12.3 Å². The van der Waals surface area contributed by atoms with Crippen LogP contribution >= 0.6 is 12.6 Å². The maximum Gasteiger partial charge on any atom is 0.322 e. The van der Waals surface area contributed by atoms with Gasteiger partial charge >= 0.3 is 5.97 Å². The average Bonchev–Trinajstić information content (AvgIpc) is 2.66. The van der Waals surface area contributed by atoms with Crippen molar-refractivity contribution in [2.45, 2.75) is 37.4 Å². The van der Waals surface area contributed by atoms with E-state index in [0.717, 1.165) is 0 Å². The Balaban J connectivity index is 5.28. The maximum atomic E-state index is 12.6. The minimum absolute atomic E-state index is 0.0239. The van der Waals surface area contributed by atoms with Crippen molar-refractivity contribution in [3.05, 3.63) is 0 Å². The average molecular weight is 449 g/mol. The van der Waals surface area contributed by atoms with Crippen molar-refractivity contribution in [1.29, 1.82) is 0 Å². The number of carbonyl (C=O) groups excluding carboxylic acids is 4. The minimum atomic E-state index is -1.44. The lowest BCUT2D eigenvalue weighted by Gasteiger charge is -2.23. The fourth-order valence-electron chi connectivity index (χ4n) is 2.10. The third-order valence-electron chi connectivity index (χ3n) is 3.56. The molecule has 0 radical (unpaired) electrons. The van der Waals surface area contributed by atoms with Gasteiger partial charge in [0.1, 0.15) is 18.6 Å². The quantitative estimate of drug-likeness (QED) is 0.0534. The highest BCUT2D eigenvalue weighted by Crippen LogP contribution is 2.02. The molecule has 15 heteroatoms. The van der Waals surface area contributed by atoms with E-state index in [0.29, 0.717) is 0 Å². The van der Waals surface area contributed by atoms with Crippen LogP contribution in [0.25, 0.3) is 0 Å². The van der Waals surface area contributed by atoms with Crippen LogP contribution in [0, 0.1) is 0 Å². The number of nitrogens with two attached hydrogens (primary N) is 4. The van der Waals surface area contributed by atoms with Crippen LogP contribution in [-0.4, -0.2) is 77.6 Å². The number of guanidine groups is 1. The van der Waals surface area contributed by atoms with E-state index >= 15 is 0 Å². The Hall–Kier alpha value is -3.07. The lowest BCUT2D eigenvalue weighted by Crippen LogP contribution is -2.56. The van der Waals surface area contributed by atoms with Gasteiger partial charge in [-0.1, -0.05) is 0 Å². The first-order chi connectivity index (χ1) is 14.0. The third-order valence-corrected chi connectivity index (χ3v) is 3.96. The summed E-state index contributed by atoms with van der Waals surface area (Å²) in [7, 11) is 0. The van der Waals surface area contributed by atoms with E-state index in [1.807, 2.05) is 5.32 Å². The first-order valence-electron chi connectivity index (χ1n) is 8.78. The van der Waals surface area contributed by atoms with Gasteiger partial charge < -0.3 is 44.0 Å². The third kappa shape index (κ3) is 11.7. The summed E-state index contributed by atoms with van der Waals surface area (Å²) < 4.78 is 0. The van der Waals surface area contributed by atoms with Crippen molar-refractivity contribution >= 4 is 48.2 Å². The molecule has 3 unspecified atom stereocenters. The Morgan fingerprint density at radius 3 is 2.07 bits per heavy atom. The van der Waals surface area contributed by atoms with Gasteiger partial charge in [-0.15, -0.1) is 0 Å². The number of hydrogen-bond acceptors (Lipinski definition) is 8. The van der Waals surface area contributed by atoms with Crippen molar-refractivity contribution in [3.8, 4) is 0 Å². The summed E-state index contributed by atoms with van der Waals surface area (Å²) in [5.74, 6) is -4.74. The Kier molecular flexibility index (Phi) is 12.6. The summed E-state index contributed by atoms with van der Waals surface area (Å²) >= 11 is 3.91. The predicted octanol–water partition coefficient (Wildman–Crippen LogP) is -4.66. The molecule has 0 saturated heterocycles. The number of primary amides is 1. The Bertz CT molecular complexity index is 670. The van der Waals surface area contributed by atoms with Crippen molar-refractivity contribution in [3.63, 3.8) is 0 Å². The molecular weight excluding hydrogens is 420 g/mol. The number of carbonyl (C=O) groups is 5. The zero-order chi connectivity index (χ0) is 23.3. The molecule has 0 aliphatic rings. The highest BCUT2D eigenvalue weighted by molar-refractivity contribution is 7.80. The van der Waals surface area contributed by atoms with Crippen molar-refractivity contribution in [2.75, 3.05) is 18.8 Å². The summed E-state index contributed by atoms with van der Waals surface area (Å²) in [4.78, 5) is 62.4. The second-order valence-corrected chi connectivity index (χ2v) is 6.51. The molecule has 0 spiro atoms. The second-order valence-electron chi connectivity index (χ2n) is 6.14. The smallest absolute Gasteiger partial charge is 0.322 e. The van der Waals surface area contributed by atoms with E-state index in [-0.39, 0.29) is 31.1 Å². The van der Waals surface area contributed by atoms with Crippen LogP contribution in [0.1, 0.15) is 19.3 Å². The maximum absolute atomic E-state index is 12.6. The van der Waals surface area contributed by atoms with Gasteiger partial charge in [-0.05, 0) is 12.8 Å². The first kappa shape index (κ1) is 26.9. The lowest BCUT2D eigenvalue weighted by atomic mass is 10.1. The predicted molar refractivity (Wildman–Crippen MR) is 110 cm³/mol. The normalized spacial score (nSPS) is 13.3. The van der Waals surface area contributed by atoms with Gasteiger partial charge in [-0.3, -0.25) is 29.0 Å². The van der Waals surface area contributed by atoms with E-state index in [4.69, 9.17) is 28.0 Å². The zero-order valence-electron chi connectivity index (χ0n) is 16.2. The molecule has 30 heavy (non-hydrogen) atoms. The highest BCUT2D eigenvalue weighted by Gasteiger charge is 2.28. The number of nitrogens with zero attached hydrogens (tertiary/aromatic N) is 1. The molecule has 0 aromatic carbocycles. The van der Waals surface area contributed by atoms with E-state index < -0.39 is 60.7 Å². The van der Waals surface area contributed by atoms with Gasteiger partial charge in [-0.2, -0.15) is 12.6 Å². The van der Waals surface area contributed by atoms with Crippen LogP contribution in [0.5, 0.6) is 0 Å². The van der Waals surface area contributed by atoms with Crippen LogP contribution in [0.4, 0.5) is 0 Å². The number of aliphatic imine (C=N–C) groups is 1. The molecule has 0 heterocycles. The standard InChI is InChI=1S/C15H28N8O6S/c16-7(6-30)12(27)22-8(2-1-3-20-15(18)19)14(29)23-9(4-10(17)24)13(28)21-5-11(25)26/h7-9,30H,1-6,16H2,(H2,17,24)(H,21,28)(H,22,27)(H,23,29)(H,25,26)(H4,18,19,20). The van der Waals surface area contributed by atoms with E-state index in [1.54, 1.807) is 0 Å². The molecular formula is C15H28N8O6S. The Morgan fingerprint density at radius 2 is 1.57 bits per heavy atom. The van der Waals surface area contributed by atoms with Crippen LogP contribution in [0.15, 0.2) is 4.99 Å². The molecule has 0 aromatic heterocycles. The molecule has 0 rings (SSSR count). The molecule has 12 N–H and O–H groups in total. The topological polar surface area (TPSA) is 258 Å². The Morgan fingerprint density at radius 1 is 0.967 bits per heavy atom. The molecule has 170 valence electrons. The van der Waals surface area contributed by atoms with Crippen molar-refractivity contribution in [2.24, 2.45) is 27.9 Å². The molecule has 0 aliphatic carbocycles. The summed E-state index contributed by atoms with van der Waals surface area (Å²) in [5, 5.41) is 15.4. The van der Waals surface area contributed by atoms with Crippen LogP contribution in [-0.2, 0) is 24.0 Å². The van der Waals surface area contributed by atoms with E-state index in [9.17, 15) is 24.0 Å². The number of thiol groups is 1. The zero-order valence-corrected chi connectivity index (χ0v) is 17.1. The summed E-state index contributed by atoms with van der Waals surface area (Å²) in [6.45, 7) is -0.552. The number of aliphatic carboxylic acids is 1. The summed E-state index contributed by atoms with van der Waals surface area (Å²) in [5.41, 5.74) is 21.1. The molecule has 0 aliphatic heterocycles. The first-order valence-corrected chi connectivity index (χ1v) is 9.41. The number of carboxylic acids is 1. The van der Waals surface area contributed by atoms with Gasteiger partial charge in [0.05, 0.1) is 12.5 Å². The van der Waals surface area contributed by atoms with Crippen molar-refractivity contribution in [1.82, 2.24) is 16.0 Å². The minimum Gasteiger partial charge on any atom is -0.480 e. The van der Waals surface area contributed by atoms with Crippen LogP contribution < -0.4 is 38.9 Å². The molecule has 0 fully saturated rings. The number of nitrogens with one attached hydrogen (secondary N) is 3. The van der Waals surface area contributed by atoms with Gasteiger partial charge in [0.15, 0.2) is 5.96 Å². The Labute approximate surface area is 178 Å². The molecule has 3 atom stereocenters. The SMILES string of the molecule is NC(=O)CC(NC(=O)C(CCCN=C(N)N)NC(=O)C(N)CS)C(=O)NCC(=O)O. The fourth-order valence-corrected chi connectivity index (χ4v) is 2.27. The lowest BCUT2D eigenvalue weighted by molar-refractivity contribution is -0.138. The largest absolute Gasteiger partial charge is 0.480 e. The van der Waals surface area contributed by atoms with Gasteiger partial charge in [0.25, 0.3) is 0 Å². The molecule has 4 amide bonds. The molecule has 0 aromatic rings. The number of hydrogen-bond donors (Lipinski definition) is 9. The summed E-state index contributed by atoms with van der Waals surface area (Å²) in [6.07, 6.45) is -0.215. The molecule has 0 saturated carbocycles. The van der Waals surface area contributed by atoms with Crippen LogP contribution in [0.3, 0.4) is 0 Å².